The van der Waals surface area contributed by atoms with Crippen LogP contribution in [0, 0.1) is 6.92 Å². The molecule has 0 radical (unpaired) electrons. The van der Waals surface area contributed by atoms with Gasteiger partial charge in [0.05, 0.1) is 5.41 Å². The minimum absolute atomic E-state index is 0.255. The summed E-state index contributed by atoms with van der Waals surface area (Å²) in [5.74, 6) is 0.255. The first-order valence-corrected chi connectivity index (χ1v) is 8.11. The Morgan fingerprint density at radius 3 is 2.52 bits per heavy atom. The molecular weight excluding hydrogens is 282 g/mol. The molecule has 3 rings (SSSR count). The van der Waals surface area contributed by atoms with Gasteiger partial charge in [-0.15, -0.1) is 0 Å². The van der Waals surface area contributed by atoms with Crippen LogP contribution in [0.25, 0.3) is 0 Å². The van der Waals surface area contributed by atoms with Crippen molar-refractivity contribution in [2.75, 3.05) is 11.9 Å². The largest absolute Gasteiger partial charge is 0.351 e. The van der Waals surface area contributed by atoms with Gasteiger partial charge in [0.15, 0.2) is 5.78 Å². The fourth-order valence-electron chi connectivity index (χ4n) is 3.32. The molecule has 1 aliphatic rings. The Kier molecular flexibility index (Phi) is 4.08. The van der Waals surface area contributed by atoms with E-state index in [4.69, 9.17) is 0 Å². The second-order valence-corrected chi connectivity index (χ2v) is 6.63. The predicted molar refractivity (Wildman–Crippen MR) is 95.7 cm³/mol. The highest BCUT2D eigenvalue weighted by Crippen LogP contribution is 2.41. The number of carbonyl (C=O) groups excluding carboxylic acids is 1. The molecule has 1 atom stereocenters. The fourth-order valence-corrected chi connectivity index (χ4v) is 3.32. The predicted octanol–water partition coefficient (Wildman–Crippen LogP) is 4.64. The fraction of sp³-hybridized carbons (Fsp3) is 0.286. The Labute approximate surface area is 138 Å². The van der Waals surface area contributed by atoms with E-state index in [2.05, 4.69) is 44.2 Å². The summed E-state index contributed by atoms with van der Waals surface area (Å²) in [6, 6.07) is 18.5. The number of aryl methyl sites for hydroxylation is 1. The summed E-state index contributed by atoms with van der Waals surface area (Å²) in [6.45, 7) is 4.15. The van der Waals surface area contributed by atoms with Crippen LogP contribution in [0.4, 0.5) is 5.69 Å². The zero-order valence-electron chi connectivity index (χ0n) is 14.0. The normalized spacial score (nSPS) is 22.6. The summed E-state index contributed by atoms with van der Waals surface area (Å²) < 4.78 is 0. The zero-order chi connectivity index (χ0) is 16.4. The topological polar surface area (TPSA) is 20.3 Å². The number of rotatable bonds is 3. The number of anilines is 1. The van der Waals surface area contributed by atoms with Crippen molar-refractivity contribution in [2.24, 2.45) is 0 Å². The second-order valence-electron chi connectivity index (χ2n) is 6.63. The van der Waals surface area contributed by atoms with Gasteiger partial charge in [-0.2, -0.15) is 0 Å². The van der Waals surface area contributed by atoms with Crippen molar-refractivity contribution >= 4 is 11.5 Å². The molecule has 0 saturated heterocycles. The van der Waals surface area contributed by atoms with E-state index in [0.29, 0.717) is 0 Å². The minimum Gasteiger partial charge on any atom is -0.351 e. The number of nitrogens with zero attached hydrogens (tertiary/aromatic N) is 1. The number of hydrogen-bond donors (Lipinski definition) is 0. The number of hydrogen-bond acceptors (Lipinski definition) is 2. The molecule has 0 spiro atoms. The van der Waals surface area contributed by atoms with Crippen molar-refractivity contribution < 1.29 is 4.79 Å². The monoisotopic (exact) mass is 305 g/mol. The lowest BCUT2D eigenvalue weighted by molar-refractivity contribution is -0.118. The van der Waals surface area contributed by atoms with Crippen molar-refractivity contribution in [1.29, 1.82) is 0 Å². The number of para-hydroxylation sites is 1. The Bertz CT molecular complexity index is 747. The number of Topliss-reactive ketones (excluding diaryl/α,β-unsaturated/α-hetero) is 1. The van der Waals surface area contributed by atoms with E-state index >= 15 is 0 Å². The molecule has 1 unspecified atom stereocenters. The van der Waals surface area contributed by atoms with Crippen LogP contribution in [0.15, 0.2) is 66.4 Å². The van der Waals surface area contributed by atoms with Gasteiger partial charge in [0.25, 0.3) is 0 Å². The smallest absolute Gasteiger partial charge is 0.170 e. The Morgan fingerprint density at radius 2 is 1.83 bits per heavy atom. The first-order valence-electron chi connectivity index (χ1n) is 8.11. The highest BCUT2D eigenvalue weighted by atomic mass is 16.1. The third kappa shape index (κ3) is 2.94. The lowest BCUT2D eigenvalue weighted by Crippen LogP contribution is -2.28. The quantitative estimate of drug-likeness (QED) is 0.770. The molecule has 23 heavy (non-hydrogen) atoms. The van der Waals surface area contributed by atoms with Gasteiger partial charge in [-0.05, 0) is 44.4 Å². The molecule has 118 valence electrons. The number of carbonyl (C=O) groups is 1. The molecule has 1 fully saturated rings. The van der Waals surface area contributed by atoms with Crippen molar-refractivity contribution in [3.8, 4) is 0 Å². The van der Waals surface area contributed by atoms with E-state index in [1.54, 1.807) is 0 Å². The third-order valence-electron chi connectivity index (χ3n) is 4.86. The Hall–Kier alpha value is -2.35. The molecule has 0 heterocycles. The van der Waals surface area contributed by atoms with Gasteiger partial charge in [-0.1, -0.05) is 48.0 Å². The molecule has 1 saturated carbocycles. The SMILES string of the molecule is Cc1cccc(C2(C)CCC(=CN(C)c3ccccc3)C2=O)c1. The van der Waals surface area contributed by atoms with Gasteiger partial charge in [0, 0.05) is 24.5 Å². The van der Waals surface area contributed by atoms with E-state index in [1.807, 2.05) is 42.4 Å². The third-order valence-corrected chi connectivity index (χ3v) is 4.86. The van der Waals surface area contributed by atoms with Crippen molar-refractivity contribution in [3.05, 3.63) is 77.5 Å². The Balaban J connectivity index is 1.88. The lowest BCUT2D eigenvalue weighted by atomic mass is 9.79. The average molecular weight is 305 g/mol. The van der Waals surface area contributed by atoms with Gasteiger partial charge < -0.3 is 4.90 Å². The van der Waals surface area contributed by atoms with Gasteiger partial charge in [0.2, 0.25) is 0 Å². The van der Waals surface area contributed by atoms with Crippen molar-refractivity contribution in [2.45, 2.75) is 32.1 Å². The molecule has 0 bridgehead atoms. The van der Waals surface area contributed by atoms with Crippen LogP contribution in [-0.2, 0) is 10.2 Å². The molecule has 0 aliphatic heterocycles. The lowest BCUT2D eigenvalue weighted by Gasteiger charge is -2.23. The van der Waals surface area contributed by atoms with Gasteiger partial charge in [0.1, 0.15) is 0 Å². The maximum atomic E-state index is 13.0. The van der Waals surface area contributed by atoms with E-state index in [9.17, 15) is 4.79 Å². The first kappa shape index (κ1) is 15.5. The molecular formula is C21H23NO. The number of allylic oxidation sites excluding steroid dienone is 1. The Morgan fingerprint density at radius 1 is 1.09 bits per heavy atom. The summed E-state index contributed by atoms with van der Waals surface area (Å²) >= 11 is 0. The van der Waals surface area contributed by atoms with E-state index < -0.39 is 5.41 Å². The van der Waals surface area contributed by atoms with Gasteiger partial charge >= 0.3 is 0 Å². The molecule has 0 amide bonds. The van der Waals surface area contributed by atoms with E-state index in [-0.39, 0.29) is 5.78 Å². The van der Waals surface area contributed by atoms with Crippen molar-refractivity contribution in [3.63, 3.8) is 0 Å². The summed E-state index contributed by atoms with van der Waals surface area (Å²) in [5, 5.41) is 0. The van der Waals surface area contributed by atoms with Crippen LogP contribution in [0.5, 0.6) is 0 Å². The zero-order valence-corrected chi connectivity index (χ0v) is 14.0. The average Bonchev–Trinajstić information content (AvgIpc) is 2.85. The van der Waals surface area contributed by atoms with Crippen LogP contribution in [0.2, 0.25) is 0 Å². The van der Waals surface area contributed by atoms with Crippen LogP contribution in [0.3, 0.4) is 0 Å². The standard InChI is InChI=1S/C21H23NO/c1-16-8-7-9-18(14-16)21(2)13-12-17(20(21)23)15-22(3)19-10-5-4-6-11-19/h4-11,14-15H,12-13H2,1-3H3. The summed E-state index contributed by atoms with van der Waals surface area (Å²) in [6.07, 6.45) is 3.71. The van der Waals surface area contributed by atoms with Crippen LogP contribution >= 0.6 is 0 Å². The summed E-state index contributed by atoms with van der Waals surface area (Å²) in [4.78, 5) is 15.0. The molecule has 2 heteroatoms. The first-order chi connectivity index (χ1) is 11.0. The van der Waals surface area contributed by atoms with Crippen LogP contribution in [-0.4, -0.2) is 12.8 Å². The van der Waals surface area contributed by atoms with E-state index in [0.717, 1.165) is 29.7 Å². The highest BCUT2D eigenvalue weighted by Gasteiger charge is 2.42. The van der Waals surface area contributed by atoms with E-state index in [1.165, 1.54) is 5.56 Å². The molecule has 0 N–H and O–H groups in total. The molecule has 2 aromatic rings. The van der Waals surface area contributed by atoms with Crippen LogP contribution in [0.1, 0.15) is 30.9 Å². The highest BCUT2D eigenvalue weighted by molar-refractivity contribution is 6.05. The maximum absolute atomic E-state index is 13.0. The molecule has 1 aliphatic carbocycles. The minimum atomic E-state index is -0.393. The second kappa shape index (κ2) is 6.04. The van der Waals surface area contributed by atoms with Gasteiger partial charge in [-0.3, -0.25) is 4.79 Å². The summed E-state index contributed by atoms with van der Waals surface area (Å²) in [5.41, 5.74) is 3.95. The number of benzene rings is 2. The summed E-state index contributed by atoms with van der Waals surface area (Å²) in [7, 11) is 2.00. The molecule has 0 aromatic heterocycles. The molecule has 2 aromatic carbocycles. The number of ketones is 1. The van der Waals surface area contributed by atoms with Gasteiger partial charge in [-0.25, -0.2) is 0 Å². The van der Waals surface area contributed by atoms with Crippen molar-refractivity contribution in [1.82, 2.24) is 0 Å². The van der Waals surface area contributed by atoms with Crippen LogP contribution < -0.4 is 4.90 Å². The molecule has 2 nitrogen and oxygen atoms in total. The maximum Gasteiger partial charge on any atom is 0.170 e.